The van der Waals surface area contributed by atoms with E-state index in [4.69, 9.17) is 16.0 Å². The van der Waals surface area contributed by atoms with Gasteiger partial charge in [-0.25, -0.2) is 4.39 Å². The number of furan rings is 1. The summed E-state index contributed by atoms with van der Waals surface area (Å²) in [6.07, 6.45) is 1.02. The van der Waals surface area contributed by atoms with Crippen LogP contribution in [0, 0.1) is 11.2 Å². The lowest BCUT2D eigenvalue weighted by molar-refractivity contribution is 0.241. The van der Waals surface area contributed by atoms with E-state index in [1.807, 2.05) is 0 Å². The Kier molecular flexibility index (Phi) is 5.01. The summed E-state index contributed by atoms with van der Waals surface area (Å²) < 4.78 is 20.7. The van der Waals surface area contributed by atoms with Crippen LogP contribution in [0.1, 0.15) is 45.9 Å². The van der Waals surface area contributed by atoms with Crippen LogP contribution in [-0.2, 0) is 0 Å². The third kappa shape index (κ3) is 3.43. The minimum Gasteiger partial charge on any atom is -0.458 e. The monoisotopic (exact) mass is 375 g/mol. The Morgan fingerprint density at radius 2 is 2.05 bits per heavy atom. The molecule has 21 heavy (non-hydrogen) atoms. The van der Waals surface area contributed by atoms with Gasteiger partial charge in [0.2, 0.25) is 0 Å². The maximum atomic E-state index is 14.2. The van der Waals surface area contributed by atoms with Crippen LogP contribution >= 0.6 is 27.5 Å². The zero-order valence-corrected chi connectivity index (χ0v) is 15.0. The fourth-order valence-corrected chi connectivity index (χ4v) is 3.25. The normalized spacial score (nSPS) is 13.9. The van der Waals surface area contributed by atoms with Crippen molar-refractivity contribution in [1.82, 2.24) is 5.32 Å². The molecule has 0 saturated carbocycles. The van der Waals surface area contributed by atoms with Crippen molar-refractivity contribution in [2.45, 2.75) is 40.2 Å². The van der Waals surface area contributed by atoms with Gasteiger partial charge in [-0.15, -0.1) is 0 Å². The van der Waals surface area contributed by atoms with E-state index in [2.05, 4.69) is 48.9 Å². The van der Waals surface area contributed by atoms with Gasteiger partial charge in [0.25, 0.3) is 0 Å². The number of benzene rings is 1. The van der Waals surface area contributed by atoms with Gasteiger partial charge < -0.3 is 9.73 Å². The second-order valence-electron chi connectivity index (χ2n) is 6.30. The molecular formula is C16H20BrClFNO. The van der Waals surface area contributed by atoms with E-state index in [-0.39, 0.29) is 16.5 Å². The highest BCUT2D eigenvalue weighted by molar-refractivity contribution is 9.10. The number of rotatable bonds is 4. The van der Waals surface area contributed by atoms with Crippen molar-refractivity contribution in [1.29, 1.82) is 0 Å². The van der Waals surface area contributed by atoms with Gasteiger partial charge in [-0.1, -0.05) is 39.3 Å². The van der Waals surface area contributed by atoms with Gasteiger partial charge in [0.05, 0.1) is 20.9 Å². The SMILES string of the molecule is CCCNC(c1cc2c(F)c(Cl)cc(Br)c2o1)C(C)(C)C. The highest BCUT2D eigenvalue weighted by atomic mass is 79.9. The largest absolute Gasteiger partial charge is 0.458 e. The summed E-state index contributed by atoms with van der Waals surface area (Å²) in [5, 5.41) is 3.98. The molecule has 0 amide bonds. The summed E-state index contributed by atoms with van der Waals surface area (Å²) in [6, 6.07) is 3.28. The van der Waals surface area contributed by atoms with Crippen molar-refractivity contribution in [3.05, 3.63) is 33.2 Å². The predicted molar refractivity (Wildman–Crippen MR) is 89.4 cm³/mol. The lowest BCUT2D eigenvalue weighted by Gasteiger charge is -2.29. The van der Waals surface area contributed by atoms with Crippen molar-refractivity contribution in [2.75, 3.05) is 6.54 Å². The molecule has 1 N–H and O–H groups in total. The molecule has 1 heterocycles. The lowest BCUT2D eigenvalue weighted by atomic mass is 9.85. The number of nitrogens with one attached hydrogen (secondary N) is 1. The zero-order valence-electron chi connectivity index (χ0n) is 12.7. The summed E-state index contributed by atoms with van der Waals surface area (Å²) in [7, 11) is 0. The van der Waals surface area contributed by atoms with Crippen LogP contribution in [0.5, 0.6) is 0 Å². The molecule has 0 aliphatic rings. The lowest BCUT2D eigenvalue weighted by Crippen LogP contribution is -2.32. The van der Waals surface area contributed by atoms with Crippen molar-refractivity contribution >= 4 is 38.5 Å². The van der Waals surface area contributed by atoms with Crippen LogP contribution in [0.15, 0.2) is 21.0 Å². The molecule has 116 valence electrons. The first kappa shape index (κ1) is 16.8. The summed E-state index contributed by atoms with van der Waals surface area (Å²) in [5.41, 5.74) is 0.454. The molecule has 2 nitrogen and oxygen atoms in total. The van der Waals surface area contributed by atoms with Gasteiger partial charge in [-0.3, -0.25) is 0 Å². The molecule has 0 bridgehead atoms. The Morgan fingerprint density at radius 3 is 2.62 bits per heavy atom. The van der Waals surface area contributed by atoms with Crippen molar-refractivity contribution < 1.29 is 8.81 Å². The number of hydrogen-bond acceptors (Lipinski definition) is 2. The van der Waals surface area contributed by atoms with E-state index >= 15 is 0 Å². The molecule has 2 rings (SSSR count). The van der Waals surface area contributed by atoms with Crippen molar-refractivity contribution in [3.63, 3.8) is 0 Å². The Bertz CT molecular complexity index is 648. The molecular weight excluding hydrogens is 357 g/mol. The molecule has 0 saturated heterocycles. The van der Waals surface area contributed by atoms with Crippen LogP contribution in [0.25, 0.3) is 11.0 Å². The van der Waals surface area contributed by atoms with E-state index in [1.165, 1.54) is 6.07 Å². The number of halogens is 3. The maximum Gasteiger partial charge on any atom is 0.152 e. The van der Waals surface area contributed by atoms with E-state index in [1.54, 1.807) is 6.07 Å². The second-order valence-corrected chi connectivity index (χ2v) is 7.56. The first-order chi connectivity index (χ1) is 9.75. The van der Waals surface area contributed by atoms with Crippen LogP contribution < -0.4 is 5.32 Å². The second kappa shape index (κ2) is 6.27. The third-order valence-electron chi connectivity index (χ3n) is 3.42. The van der Waals surface area contributed by atoms with Crippen LogP contribution in [-0.4, -0.2) is 6.54 Å². The fourth-order valence-electron chi connectivity index (χ4n) is 2.38. The van der Waals surface area contributed by atoms with Gasteiger partial charge in [0.1, 0.15) is 5.76 Å². The molecule has 0 aliphatic carbocycles. The Balaban J connectivity index is 2.54. The minimum atomic E-state index is -0.437. The molecule has 0 radical (unpaired) electrons. The van der Waals surface area contributed by atoms with E-state index < -0.39 is 5.82 Å². The molecule has 1 atom stereocenters. The van der Waals surface area contributed by atoms with E-state index in [0.717, 1.165) is 18.7 Å². The zero-order chi connectivity index (χ0) is 15.8. The fraction of sp³-hybridized carbons (Fsp3) is 0.500. The molecule has 1 aromatic carbocycles. The molecule has 0 aliphatic heterocycles. The van der Waals surface area contributed by atoms with Crippen LogP contribution in [0.3, 0.4) is 0 Å². The highest BCUT2D eigenvalue weighted by Crippen LogP contribution is 2.39. The standard InChI is InChI=1S/C16H20BrClFNO/c1-5-6-20-15(16(2,3)4)12-7-9-13(19)11(18)8-10(17)14(9)21-12/h7-8,15,20H,5-6H2,1-4H3. The van der Waals surface area contributed by atoms with Crippen molar-refractivity contribution in [3.8, 4) is 0 Å². The first-order valence-corrected chi connectivity index (χ1v) is 8.23. The van der Waals surface area contributed by atoms with E-state index in [0.29, 0.717) is 15.4 Å². The maximum absolute atomic E-state index is 14.2. The molecule has 1 aromatic heterocycles. The third-order valence-corrected chi connectivity index (χ3v) is 4.28. The van der Waals surface area contributed by atoms with Crippen LogP contribution in [0.4, 0.5) is 4.39 Å². The van der Waals surface area contributed by atoms with Gasteiger partial charge in [0.15, 0.2) is 11.4 Å². The van der Waals surface area contributed by atoms with Gasteiger partial charge in [0, 0.05) is 0 Å². The Labute approximate surface area is 138 Å². The minimum absolute atomic E-state index is 0.00919. The topological polar surface area (TPSA) is 25.2 Å². The average molecular weight is 377 g/mol. The van der Waals surface area contributed by atoms with Gasteiger partial charge in [-0.2, -0.15) is 0 Å². The van der Waals surface area contributed by atoms with Crippen molar-refractivity contribution in [2.24, 2.45) is 5.41 Å². The summed E-state index contributed by atoms with van der Waals surface area (Å²) in [4.78, 5) is 0. The summed E-state index contributed by atoms with van der Waals surface area (Å²) >= 11 is 9.28. The van der Waals surface area contributed by atoms with Gasteiger partial charge >= 0.3 is 0 Å². The molecule has 0 fully saturated rings. The Morgan fingerprint density at radius 1 is 1.38 bits per heavy atom. The molecule has 1 unspecified atom stereocenters. The number of fused-ring (bicyclic) bond motifs is 1. The molecule has 5 heteroatoms. The number of hydrogen-bond donors (Lipinski definition) is 1. The predicted octanol–water partition coefficient (Wildman–Crippen LogP) is 6.07. The molecule has 0 spiro atoms. The van der Waals surface area contributed by atoms with E-state index in [9.17, 15) is 4.39 Å². The summed E-state index contributed by atoms with van der Waals surface area (Å²) in [6.45, 7) is 9.38. The average Bonchev–Trinajstić information content (AvgIpc) is 2.80. The van der Waals surface area contributed by atoms with Gasteiger partial charge in [-0.05, 0) is 46.4 Å². The quantitative estimate of drug-likeness (QED) is 0.655. The first-order valence-electron chi connectivity index (χ1n) is 7.06. The molecule has 2 aromatic rings. The highest BCUT2D eigenvalue weighted by Gasteiger charge is 2.29. The summed E-state index contributed by atoms with van der Waals surface area (Å²) in [5.74, 6) is 0.292. The smallest absolute Gasteiger partial charge is 0.152 e. The van der Waals surface area contributed by atoms with Crippen LogP contribution in [0.2, 0.25) is 5.02 Å². The Hall–Kier alpha value is -0.580.